The molecule has 0 saturated carbocycles. The Bertz CT molecular complexity index is 770. The van der Waals surface area contributed by atoms with Crippen LogP contribution in [-0.4, -0.2) is 19.1 Å². The van der Waals surface area contributed by atoms with Crippen LogP contribution in [0.15, 0.2) is 11.6 Å². The summed E-state index contributed by atoms with van der Waals surface area (Å²) in [6, 6.07) is 0. The number of nitrogens with zero attached hydrogens (tertiary/aromatic N) is 4. The molecule has 0 aliphatic carbocycles. The van der Waals surface area contributed by atoms with Crippen LogP contribution in [0.2, 0.25) is 0 Å². The van der Waals surface area contributed by atoms with Crippen LogP contribution >= 0.6 is 22.9 Å². The molecule has 0 spiro atoms. The highest BCUT2D eigenvalue weighted by molar-refractivity contribution is 7.11. The predicted molar refractivity (Wildman–Crippen MR) is 87.6 cm³/mol. The van der Waals surface area contributed by atoms with E-state index >= 15 is 0 Å². The maximum Gasteiger partial charge on any atom is 0.148 e. The van der Waals surface area contributed by atoms with Gasteiger partial charge >= 0.3 is 0 Å². The fourth-order valence-corrected chi connectivity index (χ4v) is 3.36. The van der Waals surface area contributed by atoms with Crippen LogP contribution in [0.1, 0.15) is 16.3 Å². The van der Waals surface area contributed by atoms with Gasteiger partial charge in [0, 0.05) is 30.2 Å². The van der Waals surface area contributed by atoms with Gasteiger partial charge in [0.15, 0.2) is 0 Å². The van der Waals surface area contributed by atoms with Gasteiger partial charge in [0.2, 0.25) is 0 Å². The van der Waals surface area contributed by atoms with Gasteiger partial charge in [-0.05, 0) is 25.4 Å². The molecule has 8 heteroatoms. The third-order valence-corrected chi connectivity index (χ3v) is 4.96. The van der Waals surface area contributed by atoms with E-state index in [1.54, 1.807) is 11.3 Å². The van der Waals surface area contributed by atoms with Gasteiger partial charge in [0.25, 0.3) is 0 Å². The van der Waals surface area contributed by atoms with E-state index in [0.29, 0.717) is 12.4 Å². The maximum atomic E-state index is 5.99. The van der Waals surface area contributed by atoms with Crippen LogP contribution in [0.4, 0.5) is 10.8 Å². The monoisotopic (exact) mass is 320 g/mol. The summed E-state index contributed by atoms with van der Waals surface area (Å²) in [4.78, 5) is 4.50. The fourth-order valence-electron chi connectivity index (χ4n) is 2.04. The Morgan fingerprint density at radius 3 is 2.81 bits per heavy atom. The molecule has 0 aromatic carbocycles. The summed E-state index contributed by atoms with van der Waals surface area (Å²) < 4.78 is 6.11. The van der Waals surface area contributed by atoms with Crippen molar-refractivity contribution in [3.63, 3.8) is 0 Å². The molecule has 3 rings (SSSR count). The Hall–Kier alpha value is -1.93. The predicted octanol–water partition coefficient (Wildman–Crippen LogP) is 2.81. The third-order valence-electron chi connectivity index (χ3n) is 3.37. The summed E-state index contributed by atoms with van der Waals surface area (Å²) in [6.07, 6.45) is 1.87. The van der Waals surface area contributed by atoms with Crippen LogP contribution in [0.3, 0.4) is 0 Å². The molecule has 0 atom stereocenters. The first kappa shape index (κ1) is 14.0. The number of rotatable bonds is 4. The summed E-state index contributed by atoms with van der Waals surface area (Å²) in [7, 11) is 1.94. The lowest BCUT2D eigenvalue weighted by Gasteiger charge is -2.05. The average Bonchev–Trinajstić information content (AvgIpc) is 3.11. The first-order valence-electron chi connectivity index (χ1n) is 6.45. The summed E-state index contributed by atoms with van der Waals surface area (Å²) in [5.41, 5.74) is 10.1. The van der Waals surface area contributed by atoms with Crippen molar-refractivity contribution in [2.24, 2.45) is 7.05 Å². The fraction of sp³-hybridized carbons (Fsp3) is 0.308. The quantitative estimate of drug-likeness (QED) is 0.772. The average molecular weight is 320 g/mol. The first-order chi connectivity index (χ1) is 10.1. The summed E-state index contributed by atoms with van der Waals surface area (Å²) in [5.74, 6) is 0.524. The molecule has 3 aromatic rings. The van der Waals surface area contributed by atoms with E-state index in [1.807, 2.05) is 30.2 Å². The molecular weight excluding hydrogens is 304 g/mol. The Balaban J connectivity index is 1.85. The van der Waals surface area contributed by atoms with Gasteiger partial charge < -0.3 is 11.1 Å². The summed E-state index contributed by atoms with van der Waals surface area (Å²) in [5, 5.41) is 11.6. The van der Waals surface area contributed by atoms with E-state index in [9.17, 15) is 0 Å². The van der Waals surface area contributed by atoms with Gasteiger partial charge in [-0.1, -0.05) is 0 Å². The van der Waals surface area contributed by atoms with E-state index in [1.165, 1.54) is 11.5 Å². The molecule has 0 saturated heterocycles. The lowest BCUT2D eigenvalue weighted by molar-refractivity contribution is 0.738. The summed E-state index contributed by atoms with van der Waals surface area (Å²) >= 11 is 2.97. The number of hydrogen-bond acceptors (Lipinski definition) is 7. The SMILES string of the molecule is Cc1nc(-c2c(N)nsc2NCc2cnn(C)c2C)cs1. The van der Waals surface area contributed by atoms with Crippen molar-refractivity contribution in [2.45, 2.75) is 20.4 Å². The second-order valence-corrected chi connectivity index (χ2v) is 6.59. The molecule has 0 aliphatic rings. The number of nitrogen functional groups attached to an aromatic ring is 1. The Morgan fingerprint density at radius 1 is 1.38 bits per heavy atom. The molecule has 3 heterocycles. The Labute approximate surface area is 130 Å². The van der Waals surface area contributed by atoms with Gasteiger partial charge in [0.1, 0.15) is 10.8 Å². The van der Waals surface area contributed by atoms with E-state index in [4.69, 9.17) is 5.73 Å². The molecule has 110 valence electrons. The van der Waals surface area contributed by atoms with Crippen molar-refractivity contribution in [1.82, 2.24) is 19.1 Å². The molecule has 6 nitrogen and oxygen atoms in total. The number of nitrogens with two attached hydrogens (primary N) is 1. The van der Waals surface area contributed by atoms with Crippen LogP contribution in [0, 0.1) is 13.8 Å². The first-order valence-corrected chi connectivity index (χ1v) is 8.10. The van der Waals surface area contributed by atoms with E-state index in [0.717, 1.165) is 32.5 Å². The zero-order chi connectivity index (χ0) is 15.0. The Kier molecular flexibility index (Phi) is 3.64. The van der Waals surface area contributed by atoms with Gasteiger partial charge in [-0.15, -0.1) is 11.3 Å². The molecule has 0 unspecified atom stereocenters. The molecule has 0 amide bonds. The number of hydrogen-bond donors (Lipinski definition) is 2. The third kappa shape index (κ3) is 2.64. The van der Waals surface area contributed by atoms with Crippen molar-refractivity contribution in [3.8, 4) is 11.3 Å². The number of thiazole rings is 1. The zero-order valence-electron chi connectivity index (χ0n) is 12.0. The maximum absolute atomic E-state index is 5.99. The lowest BCUT2D eigenvalue weighted by Crippen LogP contribution is -2.01. The van der Waals surface area contributed by atoms with Crippen LogP contribution in [-0.2, 0) is 13.6 Å². The van der Waals surface area contributed by atoms with Crippen molar-refractivity contribution in [3.05, 3.63) is 27.8 Å². The molecule has 21 heavy (non-hydrogen) atoms. The molecule has 0 fully saturated rings. The normalized spacial score (nSPS) is 11.0. The van der Waals surface area contributed by atoms with Gasteiger partial charge in [-0.25, -0.2) is 4.98 Å². The van der Waals surface area contributed by atoms with Crippen molar-refractivity contribution >= 4 is 33.7 Å². The number of aromatic nitrogens is 4. The minimum absolute atomic E-state index is 0.524. The minimum Gasteiger partial charge on any atom is -0.382 e. The van der Waals surface area contributed by atoms with E-state index in [2.05, 4.69) is 26.7 Å². The van der Waals surface area contributed by atoms with Gasteiger partial charge in [0.05, 0.1) is 22.5 Å². The topological polar surface area (TPSA) is 81.7 Å². The van der Waals surface area contributed by atoms with Crippen molar-refractivity contribution < 1.29 is 0 Å². The lowest BCUT2D eigenvalue weighted by atomic mass is 10.2. The Morgan fingerprint density at radius 2 is 2.19 bits per heavy atom. The smallest absolute Gasteiger partial charge is 0.148 e. The molecule has 3 aromatic heterocycles. The van der Waals surface area contributed by atoms with Crippen molar-refractivity contribution in [2.75, 3.05) is 11.1 Å². The second kappa shape index (κ2) is 5.45. The van der Waals surface area contributed by atoms with Gasteiger partial charge in [-0.2, -0.15) is 9.47 Å². The molecule has 0 bridgehead atoms. The van der Waals surface area contributed by atoms with Gasteiger partial charge in [-0.3, -0.25) is 4.68 Å². The van der Waals surface area contributed by atoms with Crippen LogP contribution in [0.25, 0.3) is 11.3 Å². The van der Waals surface area contributed by atoms with Crippen LogP contribution < -0.4 is 11.1 Å². The highest BCUT2D eigenvalue weighted by Gasteiger charge is 2.16. The largest absolute Gasteiger partial charge is 0.382 e. The van der Waals surface area contributed by atoms with Crippen molar-refractivity contribution in [1.29, 1.82) is 0 Å². The number of nitrogens with one attached hydrogen (secondary N) is 1. The second-order valence-electron chi connectivity index (χ2n) is 4.76. The standard InChI is InChI=1S/C13H16N6S2/c1-7-9(5-16-19(7)3)4-15-13-11(12(14)18-21-13)10-6-20-8(2)17-10/h5-6,15H,4H2,1-3H3,(H2,14,18). The number of anilines is 2. The highest BCUT2D eigenvalue weighted by atomic mass is 32.1. The van der Waals surface area contributed by atoms with Crippen LogP contribution in [0.5, 0.6) is 0 Å². The highest BCUT2D eigenvalue weighted by Crippen LogP contribution is 2.37. The van der Waals surface area contributed by atoms with E-state index < -0.39 is 0 Å². The molecular formula is C13H16N6S2. The zero-order valence-corrected chi connectivity index (χ0v) is 13.7. The molecule has 3 N–H and O–H groups in total. The summed E-state index contributed by atoms with van der Waals surface area (Å²) in [6.45, 7) is 4.73. The van der Waals surface area contributed by atoms with E-state index in [-0.39, 0.29) is 0 Å². The number of aryl methyl sites for hydroxylation is 2. The molecule has 0 aliphatic heterocycles. The molecule has 0 radical (unpaired) electrons. The minimum atomic E-state index is 0.524.